The fraction of sp³-hybridized carbons (Fsp3) is 0.400. The van der Waals surface area contributed by atoms with Crippen LogP contribution in [0.3, 0.4) is 0 Å². The van der Waals surface area contributed by atoms with E-state index in [0.717, 1.165) is 17.3 Å². The zero-order valence-corrected chi connectivity index (χ0v) is 9.55. The van der Waals surface area contributed by atoms with E-state index in [-0.39, 0.29) is 6.10 Å². The number of aliphatic hydroxyl groups excluding tert-OH is 1. The lowest BCUT2D eigenvalue weighted by Gasteiger charge is -2.05. The molecule has 1 unspecified atom stereocenters. The molecule has 1 rings (SSSR count). The molecule has 1 aromatic rings. The molecular formula is C10H12BrClO. The molecule has 13 heavy (non-hydrogen) atoms. The first-order chi connectivity index (χ1) is 6.22. The number of aryl methyl sites for hydroxylation is 1. The van der Waals surface area contributed by atoms with Crippen LogP contribution in [0.25, 0.3) is 0 Å². The number of benzene rings is 1. The van der Waals surface area contributed by atoms with Gasteiger partial charge in [0.25, 0.3) is 0 Å². The van der Waals surface area contributed by atoms with Crippen LogP contribution in [0.1, 0.15) is 12.0 Å². The second-order valence-corrected chi connectivity index (χ2v) is 4.20. The molecule has 0 bridgehead atoms. The molecule has 1 N–H and O–H groups in total. The van der Waals surface area contributed by atoms with Crippen LogP contribution in [-0.2, 0) is 6.42 Å². The lowest BCUT2D eigenvalue weighted by atomic mass is 10.1. The second kappa shape index (κ2) is 5.63. The number of rotatable bonds is 4. The van der Waals surface area contributed by atoms with E-state index in [1.54, 1.807) is 0 Å². The number of aliphatic hydroxyl groups is 1. The van der Waals surface area contributed by atoms with Gasteiger partial charge in [0.2, 0.25) is 0 Å². The smallest absolute Gasteiger partial charge is 0.0678 e. The summed E-state index contributed by atoms with van der Waals surface area (Å²) in [5, 5.41) is 9.23. The maximum Gasteiger partial charge on any atom is 0.0678 e. The van der Waals surface area contributed by atoms with Crippen LogP contribution in [0.15, 0.2) is 28.7 Å². The minimum Gasteiger partial charge on any atom is -0.392 e. The molecule has 0 spiro atoms. The SMILES string of the molecule is OC(CCl)CCc1ccc(Br)cc1. The van der Waals surface area contributed by atoms with E-state index >= 15 is 0 Å². The van der Waals surface area contributed by atoms with Gasteiger partial charge in [-0.3, -0.25) is 0 Å². The van der Waals surface area contributed by atoms with E-state index in [0.29, 0.717) is 5.88 Å². The molecular weight excluding hydrogens is 251 g/mol. The molecule has 72 valence electrons. The lowest BCUT2D eigenvalue weighted by Crippen LogP contribution is -2.09. The number of hydrogen-bond acceptors (Lipinski definition) is 1. The van der Waals surface area contributed by atoms with E-state index < -0.39 is 0 Å². The van der Waals surface area contributed by atoms with Crippen LogP contribution in [0.2, 0.25) is 0 Å². The summed E-state index contributed by atoms with van der Waals surface area (Å²) < 4.78 is 1.08. The molecule has 0 fully saturated rings. The Balaban J connectivity index is 2.41. The maximum absolute atomic E-state index is 9.23. The summed E-state index contributed by atoms with van der Waals surface area (Å²) in [6.45, 7) is 0. The van der Waals surface area contributed by atoms with E-state index in [2.05, 4.69) is 15.9 Å². The van der Waals surface area contributed by atoms with Crippen molar-refractivity contribution < 1.29 is 5.11 Å². The Kier molecular flexibility index (Phi) is 4.78. The van der Waals surface area contributed by atoms with Gasteiger partial charge >= 0.3 is 0 Å². The molecule has 1 atom stereocenters. The van der Waals surface area contributed by atoms with Gasteiger partial charge in [-0.2, -0.15) is 0 Å². The van der Waals surface area contributed by atoms with Crippen LogP contribution >= 0.6 is 27.5 Å². The Labute approximate surface area is 91.9 Å². The Bertz CT molecular complexity index is 248. The summed E-state index contributed by atoms with van der Waals surface area (Å²) in [6, 6.07) is 8.10. The third-order valence-corrected chi connectivity index (χ3v) is 2.74. The normalized spacial score (nSPS) is 12.8. The van der Waals surface area contributed by atoms with Crippen LogP contribution in [-0.4, -0.2) is 17.1 Å². The molecule has 0 aromatic heterocycles. The van der Waals surface area contributed by atoms with Gasteiger partial charge in [-0.15, -0.1) is 11.6 Å². The molecule has 1 nitrogen and oxygen atoms in total. The highest BCUT2D eigenvalue weighted by Gasteiger charge is 2.01. The van der Waals surface area contributed by atoms with Crippen LogP contribution < -0.4 is 0 Å². The van der Waals surface area contributed by atoms with Gasteiger partial charge in [-0.1, -0.05) is 28.1 Å². The Morgan fingerprint density at radius 3 is 2.46 bits per heavy atom. The number of hydrogen-bond donors (Lipinski definition) is 1. The van der Waals surface area contributed by atoms with Crippen LogP contribution in [0.5, 0.6) is 0 Å². The predicted octanol–water partition coefficient (Wildman–Crippen LogP) is 2.98. The molecule has 0 aliphatic heterocycles. The molecule has 0 aliphatic carbocycles. The standard InChI is InChI=1S/C10H12BrClO/c11-9-4-1-8(2-5-9)3-6-10(13)7-12/h1-2,4-5,10,13H,3,6-7H2. The lowest BCUT2D eigenvalue weighted by molar-refractivity contribution is 0.188. The summed E-state index contributed by atoms with van der Waals surface area (Å²) in [6.07, 6.45) is 1.22. The maximum atomic E-state index is 9.23. The molecule has 0 radical (unpaired) electrons. The van der Waals surface area contributed by atoms with Crippen molar-refractivity contribution in [3.8, 4) is 0 Å². The van der Waals surface area contributed by atoms with Crippen molar-refractivity contribution in [1.29, 1.82) is 0 Å². The zero-order chi connectivity index (χ0) is 9.68. The van der Waals surface area contributed by atoms with E-state index in [9.17, 15) is 5.11 Å². The Morgan fingerprint density at radius 1 is 1.31 bits per heavy atom. The van der Waals surface area contributed by atoms with Crippen molar-refractivity contribution in [2.75, 3.05) is 5.88 Å². The highest BCUT2D eigenvalue weighted by molar-refractivity contribution is 9.10. The zero-order valence-electron chi connectivity index (χ0n) is 7.21. The monoisotopic (exact) mass is 262 g/mol. The largest absolute Gasteiger partial charge is 0.392 e. The molecule has 3 heteroatoms. The fourth-order valence-electron chi connectivity index (χ4n) is 1.06. The van der Waals surface area contributed by atoms with Gasteiger partial charge in [0.1, 0.15) is 0 Å². The van der Waals surface area contributed by atoms with E-state index in [1.807, 2.05) is 24.3 Å². The van der Waals surface area contributed by atoms with Gasteiger partial charge in [0.05, 0.1) is 6.10 Å². The third-order valence-electron chi connectivity index (χ3n) is 1.86. The third kappa shape index (κ3) is 4.12. The number of halogens is 2. The molecule has 0 amide bonds. The quantitative estimate of drug-likeness (QED) is 0.828. The van der Waals surface area contributed by atoms with Crippen molar-refractivity contribution in [2.24, 2.45) is 0 Å². The van der Waals surface area contributed by atoms with Crippen molar-refractivity contribution in [3.63, 3.8) is 0 Å². The van der Waals surface area contributed by atoms with Gasteiger partial charge in [-0.05, 0) is 30.5 Å². The second-order valence-electron chi connectivity index (χ2n) is 2.97. The highest BCUT2D eigenvalue weighted by atomic mass is 79.9. The van der Waals surface area contributed by atoms with E-state index in [1.165, 1.54) is 5.56 Å². The summed E-state index contributed by atoms with van der Waals surface area (Å²) in [4.78, 5) is 0. The van der Waals surface area contributed by atoms with Crippen LogP contribution in [0.4, 0.5) is 0 Å². The molecule has 0 saturated carbocycles. The summed E-state index contributed by atoms with van der Waals surface area (Å²) in [5.41, 5.74) is 1.23. The summed E-state index contributed by atoms with van der Waals surface area (Å²) in [7, 11) is 0. The average molecular weight is 264 g/mol. The van der Waals surface area contributed by atoms with Crippen molar-refractivity contribution in [3.05, 3.63) is 34.3 Å². The Hall–Kier alpha value is -0.0500. The minimum atomic E-state index is -0.384. The van der Waals surface area contributed by atoms with Crippen molar-refractivity contribution in [2.45, 2.75) is 18.9 Å². The average Bonchev–Trinajstić information content (AvgIpc) is 2.16. The highest BCUT2D eigenvalue weighted by Crippen LogP contribution is 2.12. The topological polar surface area (TPSA) is 20.2 Å². The molecule has 0 heterocycles. The van der Waals surface area contributed by atoms with Gasteiger partial charge in [-0.25, -0.2) is 0 Å². The predicted molar refractivity (Wildman–Crippen MR) is 59.2 cm³/mol. The van der Waals surface area contributed by atoms with E-state index in [4.69, 9.17) is 11.6 Å². The first kappa shape index (κ1) is 11.0. The van der Waals surface area contributed by atoms with Crippen LogP contribution in [0, 0.1) is 0 Å². The summed E-state index contributed by atoms with van der Waals surface area (Å²) in [5.74, 6) is 0.316. The van der Waals surface area contributed by atoms with Crippen molar-refractivity contribution >= 4 is 27.5 Å². The van der Waals surface area contributed by atoms with Gasteiger partial charge in [0.15, 0.2) is 0 Å². The van der Waals surface area contributed by atoms with Gasteiger partial charge in [0, 0.05) is 10.4 Å². The Morgan fingerprint density at radius 2 is 1.92 bits per heavy atom. The van der Waals surface area contributed by atoms with Crippen molar-refractivity contribution in [1.82, 2.24) is 0 Å². The fourth-order valence-corrected chi connectivity index (χ4v) is 1.48. The first-order valence-electron chi connectivity index (χ1n) is 4.21. The number of alkyl halides is 1. The van der Waals surface area contributed by atoms with Gasteiger partial charge < -0.3 is 5.11 Å². The molecule has 1 aromatic carbocycles. The first-order valence-corrected chi connectivity index (χ1v) is 5.53. The molecule has 0 aliphatic rings. The molecule has 0 saturated heterocycles. The minimum absolute atomic E-state index is 0.316. The summed E-state index contributed by atoms with van der Waals surface area (Å²) >= 11 is 8.85.